The van der Waals surface area contributed by atoms with E-state index in [0.717, 1.165) is 62.3 Å². The van der Waals surface area contributed by atoms with E-state index >= 15 is 0 Å². The van der Waals surface area contributed by atoms with Gasteiger partial charge in [-0.3, -0.25) is 9.69 Å². The molecule has 2 saturated heterocycles. The summed E-state index contributed by atoms with van der Waals surface area (Å²) in [5.74, 6) is 0.0575. The topological polar surface area (TPSA) is 79.7 Å². The van der Waals surface area contributed by atoms with Crippen molar-refractivity contribution < 1.29 is 14.7 Å². The number of rotatable bonds is 7. The first-order chi connectivity index (χ1) is 13.8. The van der Waals surface area contributed by atoms with E-state index in [9.17, 15) is 14.7 Å². The van der Waals surface area contributed by atoms with Crippen LogP contribution >= 0.6 is 24.8 Å². The number of urea groups is 1. The average Bonchev–Trinajstić information content (AvgIpc) is 2.96. The highest BCUT2D eigenvalue weighted by Crippen LogP contribution is 2.22. The molecule has 0 aliphatic carbocycles. The summed E-state index contributed by atoms with van der Waals surface area (Å²) in [5.41, 5.74) is 2.28. The van der Waals surface area contributed by atoms with Gasteiger partial charge in [-0.05, 0) is 69.1 Å². The summed E-state index contributed by atoms with van der Waals surface area (Å²) >= 11 is 0. The minimum atomic E-state index is -0.363. The van der Waals surface area contributed by atoms with Gasteiger partial charge in [-0.2, -0.15) is 5.10 Å². The standard InChI is InChI=1S/C21H31N5O3.2ClH/c1-16-12-18(13-17(2)20(16)28)14-22-26-15-19(27)25(21(26)29)7-5-4-6-24-10-8-23(3)9-11-24;;/h12-14,28H,4-11,15H2,1-3H3;2*1H. The number of nitrogens with zero attached hydrogens (tertiary/aromatic N) is 5. The number of hydrogen-bond donors (Lipinski definition) is 1. The van der Waals surface area contributed by atoms with Crippen molar-refractivity contribution in [1.29, 1.82) is 0 Å². The Morgan fingerprint density at radius 1 is 1.00 bits per heavy atom. The monoisotopic (exact) mass is 473 g/mol. The first-order valence-electron chi connectivity index (χ1n) is 10.2. The average molecular weight is 474 g/mol. The number of hydrazone groups is 1. The third kappa shape index (κ3) is 7.07. The van der Waals surface area contributed by atoms with Gasteiger partial charge >= 0.3 is 6.03 Å². The molecule has 3 rings (SSSR count). The second kappa shape index (κ2) is 12.2. The van der Waals surface area contributed by atoms with Crippen LogP contribution in [0.2, 0.25) is 0 Å². The Bertz CT molecular complexity index is 774. The van der Waals surface area contributed by atoms with Crippen molar-refractivity contribution in [2.45, 2.75) is 26.7 Å². The Kier molecular flexibility index (Phi) is 10.7. The third-order valence-corrected chi connectivity index (χ3v) is 5.60. The fraction of sp³-hybridized carbons (Fsp3) is 0.571. The molecule has 0 aromatic heterocycles. The molecule has 10 heteroatoms. The van der Waals surface area contributed by atoms with Crippen LogP contribution in [0, 0.1) is 13.8 Å². The summed E-state index contributed by atoms with van der Waals surface area (Å²) in [4.78, 5) is 30.8. The summed E-state index contributed by atoms with van der Waals surface area (Å²) in [6.07, 6.45) is 3.33. The van der Waals surface area contributed by atoms with Crippen LogP contribution in [-0.4, -0.2) is 95.8 Å². The molecule has 8 nitrogen and oxygen atoms in total. The highest BCUT2D eigenvalue weighted by Gasteiger charge is 2.35. The molecule has 2 heterocycles. The Hall–Kier alpha value is -1.87. The van der Waals surface area contributed by atoms with Gasteiger partial charge in [0.25, 0.3) is 5.91 Å². The molecule has 2 aliphatic heterocycles. The van der Waals surface area contributed by atoms with Crippen molar-refractivity contribution in [3.63, 3.8) is 0 Å². The predicted molar refractivity (Wildman–Crippen MR) is 127 cm³/mol. The van der Waals surface area contributed by atoms with Gasteiger partial charge in [0.1, 0.15) is 12.3 Å². The number of benzene rings is 1. The van der Waals surface area contributed by atoms with Crippen molar-refractivity contribution in [2.24, 2.45) is 5.10 Å². The molecule has 0 unspecified atom stereocenters. The predicted octanol–water partition coefficient (Wildman–Crippen LogP) is 2.48. The Balaban J connectivity index is 0.00000240. The number of carbonyl (C=O) groups is 2. The zero-order valence-electron chi connectivity index (χ0n) is 18.4. The van der Waals surface area contributed by atoms with E-state index < -0.39 is 0 Å². The van der Waals surface area contributed by atoms with Crippen molar-refractivity contribution in [2.75, 3.05) is 52.9 Å². The molecule has 174 valence electrons. The maximum absolute atomic E-state index is 12.5. The minimum Gasteiger partial charge on any atom is -0.507 e. The van der Waals surface area contributed by atoms with E-state index in [1.807, 2.05) is 13.8 Å². The highest BCUT2D eigenvalue weighted by molar-refractivity contribution is 6.02. The Labute approximate surface area is 196 Å². The van der Waals surface area contributed by atoms with Crippen molar-refractivity contribution in [3.8, 4) is 5.75 Å². The number of likely N-dealkylation sites (N-methyl/N-ethyl adjacent to an activating group) is 1. The van der Waals surface area contributed by atoms with E-state index in [-0.39, 0.29) is 49.0 Å². The lowest BCUT2D eigenvalue weighted by atomic mass is 10.1. The number of hydrogen-bond acceptors (Lipinski definition) is 6. The number of piperazine rings is 1. The molecule has 0 radical (unpaired) electrons. The van der Waals surface area contributed by atoms with Gasteiger partial charge in [0.2, 0.25) is 0 Å². The lowest BCUT2D eigenvalue weighted by Gasteiger charge is -2.32. The number of carbonyl (C=O) groups excluding carboxylic acids is 2. The molecular formula is C21H33Cl2N5O3. The van der Waals surface area contributed by atoms with E-state index in [1.165, 1.54) is 9.91 Å². The van der Waals surface area contributed by atoms with E-state index in [4.69, 9.17) is 0 Å². The Morgan fingerprint density at radius 2 is 1.58 bits per heavy atom. The second-order valence-electron chi connectivity index (χ2n) is 7.99. The van der Waals surface area contributed by atoms with E-state index in [2.05, 4.69) is 21.9 Å². The second-order valence-corrected chi connectivity index (χ2v) is 7.99. The number of amides is 3. The van der Waals surface area contributed by atoms with Gasteiger partial charge in [-0.25, -0.2) is 9.80 Å². The summed E-state index contributed by atoms with van der Waals surface area (Å²) in [5, 5.41) is 15.3. The fourth-order valence-electron chi connectivity index (χ4n) is 3.71. The number of phenolic OH excluding ortho intramolecular Hbond substituents is 1. The molecule has 0 saturated carbocycles. The van der Waals surface area contributed by atoms with Crippen molar-refractivity contribution in [1.82, 2.24) is 19.7 Å². The van der Waals surface area contributed by atoms with Crippen molar-refractivity contribution in [3.05, 3.63) is 28.8 Å². The van der Waals surface area contributed by atoms with Gasteiger partial charge in [0.05, 0.1) is 6.21 Å². The molecule has 3 amide bonds. The molecule has 2 fully saturated rings. The zero-order chi connectivity index (χ0) is 21.0. The van der Waals surface area contributed by atoms with Crippen LogP contribution in [0.5, 0.6) is 5.75 Å². The van der Waals surface area contributed by atoms with Gasteiger partial charge < -0.3 is 14.9 Å². The first kappa shape index (κ1) is 27.2. The minimum absolute atomic E-state index is 0. The van der Waals surface area contributed by atoms with E-state index in [0.29, 0.717) is 6.54 Å². The first-order valence-corrected chi connectivity index (χ1v) is 10.2. The SMILES string of the molecule is Cc1cc(C=NN2CC(=O)N(CCCCN3CCN(C)CC3)C2=O)cc(C)c1O.Cl.Cl. The van der Waals surface area contributed by atoms with Gasteiger partial charge in [0.15, 0.2) is 0 Å². The summed E-state index contributed by atoms with van der Waals surface area (Å²) < 4.78 is 0. The molecule has 31 heavy (non-hydrogen) atoms. The normalized spacial score (nSPS) is 17.9. The zero-order valence-corrected chi connectivity index (χ0v) is 20.0. The Morgan fingerprint density at radius 3 is 2.19 bits per heavy atom. The van der Waals surface area contributed by atoms with E-state index in [1.54, 1.807) is 18.3 Å². The molecule has 0 atom stereocenters. The molecule has 0 bridgehead atoms. The number of phenols is 1. The maximum Gasteiger partial charge on any atom is 0.347 e. The van der Waals surface area contributed by atoms with Crippen LogP contribution < -0.4 is 0 Å². The third-order valence-electron chi connectivity index (χ3n) is 5.60. The quantitative estimate of drug-likeness (QED) is 0.373. The summed E-state index contributed by atoms with van der Waals surface area (Å²) in [6, 6.07) is 3.23. The number of imide groups is 1. The van der Waals surface area contributed by atoms with Gasteiger partial charge in [-0.1, -0.05) is 0 Å². The fourth-order valence-corrected chi connectivity index (χ4v) is 3.71. The van der Waals surface area contributed by atoms with Crippen LogP contribution in [0.3, 0.4) is 0 Å². The van der Waals surface area contributed by atoms with Crippen LogP contribution in [0.1, 0.15) is 29.5 Å². The molecule has 1 N–H and O–H groups in total. The molecular weight excluding hydrogens is 441 g/mol. The van der Waals surface area contributed by atoms with Crippen LogP contribution in [0.25, 0.3) is 0 Å². The lowest BCUT2D eigenvalue weighted by molar-refractivity contribution is -0.125. The number of aryl methyl sites for hydroxylation is 2. The van der Waals surface area contributed by atoms with Gasteiger partial charge in [0, 0.05) is 32.7 Å². The number of halogens is 2. The molecule has 1 aromatic rings. The maximum atomic E-state index is 12.5. The van der Waals surface area contributed by atoms with Crippen LogP contribution in [-0.2, 0) is 4.79 Å². The molecule has 0 spiro atoms. The number of aromatic hydroxyl groups is 1. The molecule has 1 aromatic carbocycles. The van der Waals surface area contributed by atoms with Crippen LogP contribution in [0.15, 0.2) is 17.2 Å². The largest absolute Gasteiger partial charge is 0.507 e. The summed E-state index contributed by atoms with van der Waals surface area (Å²) in [6.45, 7) is 9.40. The number of unbranched alkanes of at least 4 members (excludes halogenated alkanes) is 1. The molecule has 2 aliphatic rings. The smallest absolute Gasteiger partial charge is 0.347 e. The summed E-state index contributed by atoms with van der Waals surface area (Å²) in [7, 11) is 2.14. The van der Waals surface area contributed by atoms with Gasteiger partial charge in [-0.15, -0.1) is 24.8 Å². The lowest BCUT2D eigenvalue weighted by Crippen LogP contribution is -2.44. The van der Waals surface area contributed by atoms with Crippen molar-refractivity contribution >= 4 is 43.0 Å². The highest BCUT2D eigenvalue weighted by atomic mass is 35.5. The van der Waals surface area contributed by atoms with Crippen LogP contribution in [0.4, 0.5) is 4.79 Å².